The molecule has 0 bridgehead atoms. The molecule has 45 heavy (non-hydrogen) atoms. The molecule has 0 aliphatic carbocycles. The Kier molecular flexibility index (Phi) is 34.5. The molecule has 0 radical (unpaired) electrons. The number of hydrogen-bond acceptors (Lipinski definition) is 6. The van der Waals surface area contributed by atoms with Crippen LogP contribution < -0.4 is 0 Å². The lowest BCUT2D eigenvalue weighted by Crippen LogP contribution is -2.25. The molecule has 0 aliphatic rings. The Labute approximate surface area is 276 Å². The summed E-state index contributed by atoms with van der Waals surface area (Å²) in [5, 5.41) is 18.7. The van der Waals surface area contributed by atoms with E-state index in [4.69, 9.17) is 14.6 Å². The summed E-state index contributed by atoms with van der Waals surface area (Å²) < 4.78 is 10.3. The average Bonchev–Trinajstić information content (AvgIpc) is 3.04. The monoisotopic (exact) mass is 633 g/mol. The van der Waals surface area contributed by atoms with Crippen molar-refractivity contribution in [1.29, 1.82) is 0 Å². The molecule has 0 saturated carbocycles. The molecule has 0 aromatic rings. The van der Waals surface area contributed by atoms with Gasteiger partial charge in [0, 0.05) is 19.4 Å². The Bertz CT molecular complexity index is 769. The van der Waals surface area contributed by atoms with E-state index in [1.165, 1.54) is 64.2 Å². The van der Waals surface area contributed by atoms with Crippen molar-refractivity contribution in [3.05, 3.63) is 48.6 Å². The number of carbonyl (C=O) groups excluding carboxylic acids is 2. The first-order chi connectivity index (χ1) is 22.1. The Balaban J connectivity index is 3.55. The van der Waals surface area contributed by atoms with Gasteiger partial charge in [-0.2, -0.15) is 0 Å². The standard InChI is InChI=1S/C39H68O6/c1-2-3-4-5-6-7-8-14-17-20-23-26-29-32-38(42)44-35-37(41)36-45-39(43)33-30-27-24-21-18-15-12-10-9-11-13-16-19-22-25-28-31-34-40/h9,11-12,15-16,19,21,24,37,40-41H,2-8,10,13-14,17-18,20,22-23,25-36H2,1H3/b11-9-,15-12-,19-16-,24-21-/t37-/m1/s1. The molecule has 260 valence electrons. The van der Waals surface area contributed by atoms with Crippen molar-refractivity contribution < 1.29 is 29.3 Å². The van der Waals surface area contributed by atoms with E-state index in [1.54, 1.807) is 0 Å². The van der Waals surface area contributed by atoms with Crippen LogP contribution in [-0.2, 0) is 19.1 Å². The largest absolute Gasteiger partial charge is 0.463 e. The van der Waals surface area contributed by atoms with Crippen molar-refractivity contribution in [2.45, 2.75) is 167 Å². The summed E-state index contributed by atoms with van der Waals surface area (Å²) >= 11 is 0. The molecule has 6 nitrogen and oxygen atoms in total. The molecule has 0 saturated heterocycles. The zero-order chi connectivity index (χ0) is 32.9. The number of allylic oxidation sites excluding steroid dienone is 8. The van der Waals surface area contributed by atoms with Crippen LogP contribution in [0.3, 0.4) is 0 Å². The number of unbranched alkanes of at least 4 members (excludes halogenated alkanes) is 16. The first kappa shape index (κ1) is 42.8. The van der Waals surface area contributed by atoms with Crippen LogP contribution in [0.2, 0.25) is 0 Å². The van der Waals surface area contributed by atoms with Gasteiger partial charge in [-0.1, -0.05) is 139 Å². The Morgan fingerprint density at radius 2 is 0.889 bits per heavy atom. The highest BCUT2D eigenvalue weighted by molar-refractivity contribution is 5.69. The van der Waals surface area contributed by atoms with Gasteiger partial charge in [-0.05, 0) is 57.8 Å². The summed E-state index contributed by atoms with van der Waals surface area (Å²) in [6.07, 6.45) is 41.7. The number of carbonyl (C=O) groups is 2. The number of rotatable bonds is 33. The van der Waals surface area contributed by atoms with Crippen molar-refractivity contribution in [2.75, 3.05) is 19.8 Å². The van der Waals surface area contributed by atoms with Gasteiger partial charge >= 0.3 is 11.9 Å². The van der Waals surface area contributed by atoms with E-state index in [9.17, 15) is 14.7 Å². The van der Waals surface area contributed by atoms with Crippen LogP contribution >= 0.6 is 0 Å². The average molecular weight is 633 g/mol. The summed E-state index contributed by atoms with van der Waals surface area (Å²) in [6, 6.07) is 0. The fourth-order valence-corrected chi connectivity index (χ4v) is 4.82. The number of aliphatic hydroxyl groups excluding tert-OH is 2. The minimum atomic E-state index is -0.990. The van der Waals surface area contributed by atoms with E-state index < -0.39 is 6.10 Å². The maximum absolute atomic E-state index is 11.9. The second kappa shape index (κ2) is 36.3. The van der Waals surface area contributed by atoms with E-state index >= 15 is 0 Å². The number of ether oxygens (including phenoxy) is 2. The molecule has 0 rings (SSSR count). The van der Waals surface area contributed by atoms with Gasteiger partial charge in [-0.25, -0.2) is 0 Å². The smallest absolute Gasteiger partial charge is 0.305 e. The van der Waals surface area contributed by atoms with Gasteiger partial charge in [-0.15, -0.1) is 0 Å². The van der Waals surface area contributed by atoms with E-state index in [0.717, 1.165) is 70.6 Å². The summed E-state index contributed by atoms with van der Waals surface area (Å²) in [7, 11) is 0. The predicted molar refractivity (Wildman–Crippen MR) is 188 cm³/mol. The van der Waals surface area contributed by atoms with Gasteiger partial charge in [0.2, 0.25) is 0 Å². The van der Waals surface area contributed by atoms with Crippen molar-refractivity contribution >= 4 is 11.9 Å². The molecule has 0 amide bonds. The van der Waals surface area contributed by atoms with Gasteiger partial charge in [0.1, 0.15) is 19.3 Å². The van der Waals surface area contributed by atoms with Crippen LogP contribution in [0, 0.1) is 0 Å². The third-order valence-electron chi connectivity index (χ3n) is 7.62. The minimum absolute atomic E-state index is 0.138. The molecular weight excluding hydrogens is 564 g/mol. The van der Waals surface area contributed by atoms with Gasteiger partial charge in [-0.3, -0.25) is 9.59 Å². The van der Waals surface area contributed by atoms with Crippen molar-refractivity contribution in [2.24, 2.45) is 0 Å². The molecule has 0 unspecified atom stereocenters. The summed E-state index contributed by atoms with van der Waals surface area (Å²) in [5.74, 6) is -0.643. The number of esters is 2. The molecule has 0 aliphatic heterocycles. The topological polar surface area (TPSA) is 93.1 Å². The third-order valence-corrected chi connectivity index (χ3v) is 7.62. The maximum Gasteiger partial charge on any atom is 0.305 e. The molecule has 0 aromatic heterocycles. The minimum Gasteiger partial charge on any atom is -0.463 e. The zero-order valence-electron chi connectivity index (χ0n) is 28.8. The lowest BCUT2D eigenvalue weighted by Gasteiger charge is -2.12. The van der Waals surface area contributed by atoms with Gasteiger partial charge in [0.25, 0.3) is 0 Å². The number of hydrogen-bond donors (Lipinski definition) is 2. The lowest BCUT2D eigenvalue weighted by molar-refractivity contribution is -0.152. The van der Waals surface area contributed by atoms with E-state index in [2.05, 4.69) is 55.5 Å². The fourth-order valence-electron chi connectivity index (χ4n) is 4.82. The highest BCUT2D eigenvalue weighted by atomic mass is 16.6. The Morgan fingerprint density at radius 1 is 0.511 bits per heavy atom. The van der Waals surface area contributed by atoms with Crippen molar-refractivity contribution in [3.8, 4) is 0 Å². The van der Waals surface area contributed by atoms with E-state index in [-0.39, 0.29) is 25.2 Å². The highest BCUT2D eigenvalue weighted by Crippen LogP contribution is 2.13. The molecule has 2 N–H and O–H groups in total. The normalized spacial score (nSPS) is 12.7. The zero-order valence-corrected chi connectivity index (χ0v) is 28.8. The molecule has 0 heterocycles. The van der Waals surface area contributed by atoms with E-state index in [1.807, 2.05) is 0 Å². The number of aliphatic hydroxyl groups is 2. The molecule has 0 aromatic carbocycles. The van der Waals surface area contributed by atoms with E-state index in [0.29, 0.717) is 25.9 Å². The fraction of sp³-hybridized carbons (Fsp3) is 0.744. The first-order valence-electron chi connectivity index (χ1n) is 18.3. The Morgan fingerprint density at radius 3 is 1.36 bits per heavy atom. The Hall–Kier alpha value is -2.18. The van der Waals surface area contributed by atoms with Gasteiger partial charge in [0.15, 0.2) is 0 Å². The van der Waals surface area contributed by atoms with Gasteiger partial charge in [0.05, 0.1) is 0 Å². The van der Waals surface area contributed by atoms with Crippen molar-refractivity contribution in [1.82, 2.24) is 0 Å². The third kappa shape index (κ3) is 36.2. The molecule has 6 heteroatoms. The van der Waals surface area contributed by atoms with Crippen LogP contribution in [0.4, 0.5) is 0 Å². The molecule has 0 fully saturated rings. The molecular formula is C39H68O6. The molecule has 1 atom stereocenters. The van der Waals surface area contributed by atoms with Crippen LogP contribution in [0.25, 0.3) is 0 Å². The lowest BCUT2D eigenvalue weighted by atomic mass is 10.0. The van der Waals surface area contributed by atoms with Crippen LogP contribution in [0.5, 0.6) is 0 Å². The summed E-state index contributed by atoms with van der Waals surface area (Å²) in [6.45, 7) is 2.26. The molecule has 0 spiro atoms. The quantitative estimate of drug-likeness (QED) is 0.0425. The first-order valence-corrected chi connectivity index (χ1v) is 18.3. The summed E-state index contributed by atoms with van der Waals surface area (Å²) in [5.41, 5.74) is 0. The van der Waals surface area contributed by atoms with Crippen molar-refractivity contribution in [3.63, 3.8) is 0 Å². The maximum atomic E-state index is 11.9. The second-order valence-electron chi connectivity index (χ2n) is 12.1. The summed E-state index contributed by atoms with van der Waals surface area (Å²) in [4.78, 5) is 23.8. The van der Waals surface area contributed by atoms with Crippen LogP contribution in [-0.4, -0.2) is 48.1 Å². The predicted octanol–water partition coefficient (Wildman–Crippen LogP) is 10.0. The van der Waals surface area contributed by atoms with Crippen LogP contribution in [0.15, 0.2) is 48.6 Å². The van der Waals surface area contributed by atoms with Crippen LogP contribution in [0.1, 0.15) is 161 Å². The van der Waals surface area contributed by atoms with Gasteiger partial charge < -0.3 is 19.7 Å². The SMILES string of the molecule is CCCCCCCCCCCCCCCC(=O)OC[C@@H](O)COC(=O)CCC/C=C\C/C=C\C/C=C\C/C=C\CCCCCO. The highest BCUT2D eigenvalue weighted by Gasteiger charge is 2.12. The second-order valence-corrected chi connectivity index (χ2v) is 12.1.